The highest BCUT2D eigenvalue weighted by molar-refractivity contribution is 7.89. The average Bonchev–Trinajstić information content (AvgIpc) is 2.72. The molecule has 7 nitrogen and oxygen atoms in total. The Hall–Kier alpha value is -2.85. The van der Waals surface area contributed by atoms with Crippen molar-refractivity contribution in [2.75, 3.05) is 32.8 Å². The topological polar surface area (TPSA) is 84.0 Å². The molecule has 1 aliphatic rings. The van der Waals surface area contributed by atoms with Crippen LogP contribution < -0.4 is 0 Å². The summed E-state index contributed by atoms with van der Waals surface area (Å²) >= 11 is 0. The summed E-state index contributed by atoms with van der Waals surface area (Å²) in [5.74, 6) is -4.02. The van der Waals surface area contributed by atoms with Crippen molar-refractivity contribution in [2.45, 2.75) is 11.8 Å². The third-order valence-corrected chi connectivity index (χ3v) is 6.66. The predicted molar refractivity (Wildman–Crippen MR) is 103 cm³/mol. The normalized spacial score (nSPS) is 15.1. The molecular formula is C20H20F2N2O5S. The molecule has 0 spiro atoms. The van der Waals surface area contributed by atoms with Gasteiger partial charge in [-0.2, -0.15) is 4.31 Å². The van der Waals surface area contributed by atoms with Gasteiger partial charge in [0.15, 0.2) is 6.61 Å². The maximum Gasteiger partial charge on any atom is 0.344 e. The van der Waals surface area contributed by atoms with Crippen molar-refractivity contribution in [1.82, 2.24) is 9.21 Å². The summed E-state index contributed by atoms with van der Waals surface area (Å²) in [5.41, 5.74) is 0.0773. The van der Waals surface area contributed by atoms with E-state index in [1.807, 2.05) is 6.92 Å². The van der Waals surface area contributed by atoms with Crippen LogP contribution in [0.1, 0.15) is 15.9 Å². The number of ether oxygens (including phenoxy) is 1. The van der Waals surface area contributed by atoms with Gasteiger partial charge in [0.2, 0.25) is 10.0 Å². The number of hydrogen-bond donors (Lipinski definition) is 0. The molecule has 2 aromatic rings. The Morgan fingerprint density at radius 1 is 0.967 bits per heavy atom. The van der Waals surface area contributed by atoms with Crippen molar-refractivity contribution >= 4 is 21.9 Å². The van der Waals surface area contributed by atoms with E-state index in [4.69, 9.17) is 4.74 Å². The van der Waals surface area contributed by atoms with Gasteiger partial charge in [0.1, 0.15) is 17.2 Å². The second-order valence-electron chi connectivity index (χ2n) is 6.77. The second kappa shape index (κ2) is 8.88. The quantitative estimate of drug-likeness (QED) is 0.667. The van der Waals surface area contributed by atoms with Crippen LogP contribution in [-0.2, 0) is 19.6 Å². The molecule has 0 N–H and O–H groups in total. The molecule has 1 fully saturated rings. The Balaban J connectivity index is 1.55. The minimum absolute atomic E-state index is 0.0812. The first-order valence-electron chi connectivity index (χ1n) is 9.16. The molecule has 160 valence electrons. The number of piperazine rings is 1. The monoisotopic (exact) mass is 438 g/mol. The highest BCUT2D eigenvalue weighted by Crippen LogP contribution is 2.18. The SMILES string of the molecule is Cc1ccc(S(=O)(=O)N2CCN(C(=O)COC(=O)c3c(F)cccc3F)CC2)cc1. The van der Waals surface area contributed by atoms with Crippen molar-refractivity contribution in [2.24, 2.45) is 0 Å². The van der Waals surface area contributed by atoms with Crippen LogP contribution in [0.3, 0.4) is 0 Å². The van der Waals surface area contributed by atoms with Crippen molar-refractivity contribution in [3.05, 3.63) is 65.2 Å². The lowest BCUT2D eigenvalue weighted by Crippen LogP contribution is -2.51. The van der Waals surface area contributed by atoms with Gasteiger partial charge in [0.25, 0.3) is 5.91 Å². The third-order valence-electron chi connectivity index (χ3n) is 4.74. The van der Waals surface area contributed by atoms with Crippen LogP contribution in [0.15, 0.2) is 47.4 Å². The average molecular weight is 438 g/mol. The van der Waals surface area contributed by atoms with Crippen LogP contribution in [0.2, 0.25) is 0 Å². The lowest BCUT2D eigenvalue weighted by molar-refractivity contribution is -0.135. The standard InChI is InChI=1S/C20H20F2N2O5S/c1-14-5-7-15(8-6-14)30(27,28)24-11-9-23(10-12-24)18(25)13-29-20(26)19-16(21)3-2-4-17(19)22/h2-8H,9-13H2,1H3. The molecule has 0 saturated carbocycles. The number of benzene rings is 2. The highest BCUT2D eigenvalue weighted by Gasteiger charge is 2.30. The molecule has 3 rings (SSSR count). The molecule has 0 aromatic heterocycles. The van der Waals surface area contributed by atoms with Crippen molar-refractivity contribution < 1.29 is 31.5 Å². The molecular weight excluding hydrogens is 418 g/mol. The summed E-state index contributed by atoms with van der Waals surface area (Å²) in [7, 11) is -3.67. The molecule has 30 heavy (non-hydrogen) atoms. The molecule has 0 unspecified atom stereocenters. The minimum Gasteiger partial charge on any atom is -0.452 e. The number of aryl methyl sites for hydroxylation is 1. The molecule has 0 atom stereocenters. The fraction of sp³-hybridized carbons (Fsp3) is 0.300. The van der Waals surface area contributed by atoms with Gasteiger partial charge < -0.3 is 9.64 Å². The molecule has 1 heterocycles. The number of halogens is 2. The van der Waals surface area contributed by atoms with Crippen LogP contribution in [-0.4, -0.2) is 62.3 Å². The summed E-state index contributed by atoms with van der Waals surface area (Å²) in [6.45, 7) is 1.53. The Morgan fingerprint density at radius 2 is 1.53 bits per heavy atom. The van der Waals surface area contributed by atoms with Gasteiger partial charge in [-0.15, -0.1) is 0 Å². The number of carbonyl (C=O) groups excluding carboxylic acids is 2. The molecule has 10 heteroatoms. The van der Waals surface area contributed by atoms with Gasteiger partial charge in [-0.3, -0.25) is 4.79 Å². The number of amides is 1. The molecule has 2 aromatic carbocycles. The minimum atomic E-state index is -3.67. The number of carbonyl (C=O) groups is 2. The van der Waals surface area contributed by atoms with Gasteiger partial charge in [-0.1, -0.05) is 23.8 Å². The number of nitrogens with zero attached hydrogens (tertiary/aromatic N) is 2. The number of rotatable bonds is 5. The smallest absolute Gasteiger partial charge is 0.344 e. The Morgan fingerprint density at radius 3 is 2.10 bits per heavy atom. The number of hydrogen-bond acceptors (Lipinski definition) is 5. The van der Waals surface area contributed by atoms with Crippen molar-refractivity contribution in [1.29, 1.82) is 0 Å². The van der Waals surface area contributed by atoms with Crippen LogP contribution in [0.5, 0.6) is 0 Å². The molecule has 1 saturated heterocycles. The summed E-state index contributed by atoms with van der Waals surface area (Å²) in [6, 6.07) is 9.41. The van der Waals surface area contributed by atoms with Crippen LogP contribution in [0.4, 0.5) is 8.78 Å². The van der Waals surface area contributed by atoms with Crippen LogP contribution >= 0.6 is 0 Å². The van der Waals surface area contributed by atoms with Gasteiger partial charge in [0.05, 0.1) is 4.90 Å². The first-order valence-corrected chi connectivity index (χ1v) is 10.6. The van der Waals surface area contributed by atoms with Gasteiger partial charge in [-0.05, 0) is 31.2 Å². The first-order chi connectivity index (χ1) is 14.2. The number of sulfonamides is 1. The zero-order valence-electron chi connectivity index (χ0n) is 16.2. The van der Waals surface area contributed by atoms with E-state index in [0.29, 0.717) is 0 Å². The van der Waals surface area contributed by atoms with Gasteiger partial charge in [0, 0.05) is 26.2 Å². The number of esters is 1. The van der Waals surface area contributed by atoms with Crippen LogP contribution in [0.25, 0.3) is 0 Å². The van der Waals surface area contributed by atoms with Crippen molar-refractivity contribution in [3.63, 3.8) is 0 Å². The van der Waals surface area contributed by atoms with E-state index in [1.165, 1.54) is 21.3 Å². The van der Waals surface area contributed by atoms with E-state index in [2.05, 4.69) is 0 Å². The molecule has 0 bridgehead atoms. The van der Waals surface area contributed by atoms with Crippen molar-refractivity contribution in [3.8, 4) is 0 Å². The molecule has 1 aliphatic heterocycles. The van der Waals surface area contributed by atoms with E-state index >= 15 is 0 Å². The Kier molecular flexibility index (Phi) is 6.47. The maximum atomic E-state index is 13.6. The fourth-order valence-corrected chi connectivity index (χ4v) is 4.44. The lowest BCUT2D eigenvalue weighted by atomic mass is 10.2. The summed E-state index contributed by atoms with van der Waals surface area (Å²) in [5, 5.41) is 0. The zero-order chi connectivity index (χ0) is 21.9. The van der Waals surface area contributed by atoms with Crippen LogP contribution in [0, 0.1) is 18.6 Å². The van der Waals surface area contributed by atoms with E-state index in [1.54, 1.807) is 12.1 Å². The summed E-state index contributed by atoms with van der Waals surface area (Å²) in [6.07, 6.45) is 0. The Bertz CT molecular complexity index is 1030. The summed E-state index contributed by atoms with van der Waals surface area (Å²) in [4.78, 5) is 25.7. The maximum absolute atomic E-state index is 13.6. The van der Waals surface area contributed by atoms with E-state index < -0.39 is 45.7 Å². The van der Waals surface area contributed by atoms with E-state index in [-0.39, 0.29) is 31.1 Å². The largest absolute Gasteiger partial charge is 0.452 e. The zero-order valence-corrected chi connectivity index (χ0v) is 17.0. The highest BCUT2D eigenvalue weighted by atomic mass is 32.2. The van der Waals surface area contributed by atoms with E-state index in [9.17, 15) is 26.8 Å². The van der Waals surface area contributed by atoms with Gasteiger partial charge >= 0.3 is 5.97 Å². The second-order valence-corrected chi connectivity index (χ2v) is 8.71. The molecule has 0 aliphatic carbocycles. The first kappa shape index (κ1) is 21.8. The third kappa shape index (κ3) is 4.65. The van der Waals surface area contributed by atoms with E-state index in [0.717, 1.165) is 23.8 Å². The molecule has 1 amide bonds. The molecule has 0 radical (unpaired) electrons. The lowest BCUT2D eigenvalue weighted by Gasteiger charge is -2.33. The predicted octanol–water partition coefficient (Wildman–Crippen LogP) is 1.96. The summed E-state index contributed by atoms with van der Waals surface area (Å²) < 4.78 is 58.6. The Labute approximate surface area is 172 Å². The van der Waals surface area contributed by atoms with Gasteiger partial charge in [-0.25, -0.2) is 22.0 Å². The fourth-order valence-electron chi connectivity index (χ4n) is 3.02.